The number of amides is 1. The summed E-state index contributed by atoms with van der Waals surface area (Å²) < 4.78 is 11.2. The summed E-state index contributed by atoms with van der Waals surface area (Å²) >= 11 is 0. The summed E-state index contributed by atoms with van der Waals surface area (Å²) in [7, 11) is 0. The molecule has 2 aromatic carbocycles. The average molecular weight is 313 g/mol. The number of benzene rings is 2. The second-order valence-electron chi connectivity index (χ2n) is 5.75. The number of carbonyl (C=O) groups excluding carboxylic acids is 1. The van der Waals surface area contributed by atoms with Gasteiger partial charge in [0, 0.05) is 5.69 Å². The van der Waals surface area contributed by atoms with Crippen LogP contribution in [0.3, 0.4) is 0 Å². The van der Waals surface area contributed by atoms with Crippen molar-refractivity contribution >= 4 is 11.6 Å². The summed E-state index contributed by atoms with van der Waals surface area (Å²) in [6.45, 7) is 7.68. The van der Waals surface area contributed by atoms with Gasteiger partial charge in [0.25, 0.3) is 5.91 Å². The lowest BCUT2D eigenvalue weighted by Crippen LogP contribution is -2.30. The van der Waals surface area contributed by atoms with Gasteiger partial charge in [0.15, 0.2) is 6.10 Å². The number of nitrogens with one attached hydrogen (secondary N) is 1. The van der Waals surface area contributed by atoms with E-state index in [-0.39, 0.29) is 12.0 Å². The molecule has 0 fully saturated rings. The molecule has 122 valence electrons. The van der Waals surface area contributed by atoms with E-state index in [0.29, 0.717) is 11.4 Å². The molecule has 0 radical (unpaired) electrons. The zero-order valence-corrected chi connectivity index (χ0v) is 14.0. The van der Waals surface area contributed by atoms with Crippen molar-refractivity contribution in [2.45, 2.75) is 39.9 Å². The van der Waals surface area contributed by atoms with E-state index < -0.39 is 6.10 Å². The third kappa shape index (κ3) is 5.33. The molecule has 1 N–H and O–H groups in total. The van der Waals surface area contributed by atoms with Crippen molar-refractivity contribution in [1.82, 2.24) is 0 Å². The Labute approximate surface area is 137 Å². The van der Waals surface area contributed by atoms with Crippen LogP contribution in [0, 0.1) is 6.92 Å². The summed E-state index contributed by atoms with van der Waals surface area (Å²) in [5, 5.41) is 2.83. The second-order valence-corrected chi connectivity index (χ2v) is 5.75. The van der Waals surface area contributed by atoms with Crippen molar-refractivity contribution in [1.29, 1.82) is 0 Å². The fraction of sp³-hybridized carbons (Fsp3) is 0.316. The Kier molecular flexibility index (Phi) is 5.63. The van der Waals surface area contributed by atoms with Gasteiger partial charge in [0.05, 0.1) is 6.10 Å². The standard InChI is InChI=1S/C19H23NO3/c1-13(2)22-17-11-7-16(8-12-17)20-19(21)15(4)23-18-9-5-14(3)6-10-18/h5-13,15H,1-4H3,(H,20,21)/t15-/m0/s1. The van der Waals surface area contributed by atoms with E-state index in [9.17, 15) is 4.79 Å². The Balaban J connectivity index is 1.91. The van der Waals surface area contributed by atoms with Crippen molar-refractivity contribution in [3.63, 3.8) is 0 Å². The quantitative estimate of drug-likeness (QED) is 0.870. The number of rotatable bonds is 6. The van der Waals surface area contributed by atoms with E-state index in [1.165, 1.54) is 0 Å². The minimum absolute atomic E-state index is 0.123. The average Bonchev–Trinajstić information content (AvgIpc) is 2.51. The number of hydrogen-bond donors (Lipinski definition) is 1. The van der Waals surface area contributed by atoms with Gasteiger partial charge in [-0.25, -0.2) is 0 Å². The molecule has 0 bridgehead atoms. The summed E-state index contributed by atoms with van der Waals surface area (Å²) in [5.41, 5.74) is 1.86. The van der Waals surface area contributed by atoms with Gasteiger partial charge in [-0.1, -0.05) is 17.7 Å². The van der Waals surface area contributed by atoms with Gasteiger partial charge in [-0.2, -0.15) is 0 Å². The molecule has 23 heavy (non-hydrogen) atoms. The van der Waals surface area contributed by atoms with Crippen molar-refractivity contribution in [3.05, 3.63) is 54.1 Å². The molecule has 4 nitrogen and oxygen atoms in total. The first-order chi connectivity index (χ1) is 10.9. The summed E-state index contributed by atoms with van der Waals surface area (Å²) in [6.07, 6.45) is -0.456. The Bertz CT molecular complexity index is 633. The van der Waals surface area contributed by atoms with Crippen LogP contribution in [0.15, 0.2) is 48.5 Å². The highest BCUT2D eigenvalue weighted by Gasteiger charge is 2.14. The van der Waals surface area contributed by atoms with Gasteiger partial charge >= 0.3 is 0 Å². The Morgan fingerprint density at radius 2 is 1.39 bits per heavy atom. The highest BCUT2D eigenvalue weighted by Crippen LogP contribution is 2.18. The molecule has 0 heterocycles. The molecule has 0 aliphatic heterocycles. The van der Waals surface area contributed by atoms with E-state index in [0.717, 1.165) is 11.3 Å². The van der Waals surface area contributed by atoms with Gasteiger partial charge in [-0.05, 0) is 64.1 Å². The largest absolute Gasteiger partial charge is 0.491 e. The summed E-state index contributed by atoms with van der Waals surface area (Å²) in [5.74, 6) is 1.27. The van der Waals surface area contributed by atoms with Crippen LogP contribution < -0.4 is 14.8 Å². The fourth-order valence-electron chi connectivity index (χ4n) is 2.01. The minimum atomic E-state index is -0.579. The number of aryl methyl sites for hydroxylation is 1. The smallest absolute Gasteiger partial charge is 0.265 e. The van der Waals surface area contributed by atoms with Crippen LogP contribution in [0.1, 0.15) is 26.3 Å². The predicted molar refractivity (Wildman–Crippen MR) is 92.1 cm³/mol. The van der Waals surface area contributed by atoms with Crippen LogP contribution in [0.25, 0.3) is 0 Å². The van der Waals surface area contributed by atoms with E-state index in [2.05, 4.69) is 5.32 Å². The topological polar surface area (TPSA) is 47.6 Å². The first-order valence-corrected chi connectivity index (χ1v) is 7.75. The van der Waals surface area contributed by atoms with Crippen molar-refractivity contribution in [3.8, 4) is 11.5 Å². The number of ether oxygens (including phenoxy) is 2. The molecule has 1 amide bonds. The number of anilines is 1. The van der Waals surface area contributed by atoms with Crippen molar-refractivity contribution < 1.29 is 14.3 Å². The van der Waals surface area contributed by atoms with Gasteiger partial charge < -0.3 is 14.8 Å². The van der Waals surface area contributed by atoms with E-state index in [1.54, 1.807) is 6.92 Å². The monoisotopic (exact) mass is 313 g/mol. The van der Waals surface area contributed by atoms with Crippen LogP contribution in [0.4, 0.5) is 5.69 Å². The van der Waals surface area contributed by atoms with Crippen molar-refractivity contribution in [2.75, 3.05) is 5.32 Å². The van der Waals surface area contributed by atoms with Gasteiger partial charge in [-0.3, -0.25) is 4.79 Å². The maximum absolute atomic E-state index is 12.2. The number of carbonyl (C=O) groups is 1. The lowest BCUT2D eigenvalue weighted by molar-refractivity contribution is -0.122. The van der Waals surface area contributed by atoms with Gasteiger partial charge in [-0.15, -0.1) is 0 Å². The number of hydrogen-bond acceptors (Lipinski definition) is 3. The molecular formula is C19H23NO3. The highest BCUT2D eigenvalue weighted by atomic mass is 16.5. The molecule has 1 atom stereocenters. The van der Waals surface area contributed by atoms with E-state index in [4.69, 9.17) is 9.47 Å². The van der Waals surface area contributed by atoms with Crippen LogP contribution in [0.5, 0.6) is 11.5 Å². The third-order valence-electron chi connectivity index (χ3n) is 3.20. The molecule has 0 aliphatic rings. The molecule has 0 saturated carbocycles. The van der Waals surface area contributed by atoms with E-state index in [1.807, 2.05) is 69.3 Å². The summed E-state index contributed by atoms with van der Waals surface area (Å²) in [4.78, 5) is 12.2. The molecule has 0 spiro atoms. The molecule has 0 aromatic heterocycles. The lowest BCUT2D eigenvalue weighted by atomic mass is 10.2. The van der Waals surface area contributed by atoms with Gasteiger partial charge in [0.2, 0.25) is 0 Å². The SMILES string of the molecule is Cc1ccc(O[C@@H](C)C(=O)Nc2ccc(OC(C)C)cc2)cc1. The molecule has 2 aromatic rings. The maximum atomic E-state index is 12.2. The zero-order valence-electron chi connectivity index (χ0n) is 14.0. The maximum Gasteiger partial charge on any atom is 0.265 e. The molecule has 4 heteroatoms. The van der Waals surface area contributed by atoms with Crippen LogP contribution >= 0.6 is 0 Å². The van der Waals surface area contributed by atoms with Crippen molar-refractivity contribution in [2.24, 2.45) is 0 Å². The normalized spacial score (nSPS) is 11.9. The molecular weight excluding hydrogens is 290 g/mol. The molecule has 2 rings (SSSR count). The van der Waals surface area contributed by atoms with Gasteiger partial charge in [0.1, 0.15) is 11.5 Å². The Morgan fingerprint density at radius 1 is 0.870 bits per heavy atom. The third-order valence-corrected chi connectivity index (χ3v) is 3.20. The summed E-state index contributed by atoms with van der Waals surface area (Å²) in [6, 6.07) is 14.9. The molecule has 0 unspecified atom stereocenters. The fourth-order valence-corrected chi connectivity index (χ4v) is 2.01. The highest BCUT2D eigenvalue weighted by molar-refractivity contribution is 5.94. The first-order valence-electron chi connectivity index (χ1n) is 7.75. The second kappa shape index (κ2) is 7.68. The zero-order chi connectivity index (χ0) is 16.8. The Morgan fingerprint density at radius 3 is 1.96 bits per heavy atom. The predicted octanol–water partition coefficient (Wildman–Crippen LogP) is 4.19. The van der Waals surface area contributed by atoms with Crippen LogP contribution in [0.2, 0.25) is 0 Å². The lowest BCUT2D eigenvalue weighted by Gasteiger charge is -2.15. The molecule has 0 saturated heterocycles. The Hall–Kier alpha value is -2.49. The van der Waals surface area contributed by atoms with E-state index >= 15 is 0 Å². The first kappa shape index (κ1) is 16.9. The minimum Gasteiger partial charge on any atom is -0.491 e. The molecule has 0 aliphatic carbocycles. The van der Waals surface area contributed by atoms with Crippen LogP contribution in [-0.2, 0) is 4.79 Å². The van der Waals surface area contributed by atoms with Crippen LogP contribution in [-0.4, -0.2) is 18.1 Å².